The summed E-state index contributed by atoms with van der Waals surface area (Å²) >= 11 is 3.23. The second-order valence-corrected chi connectivity index (χ2v) is 9.11. The van der Waals surface area contributed by atoms with Gasteiger partial charge in [0.15, 0.2) is 0 Å². The minimum absolute atomic E-state index is 0.0997. The van der Waals surface area contributed by atoms with E-state index in [-0.39, 0.29) is 28.2 Å². The number of phenolic OH excluding ortho intramolecular Hbond substituents is 1. The number of rotatable bonds is 3. The lowest BCUT2D eigenvalue weighted by Gasteiger charge is -2.35. The number of nitrogens with zero attached hydrogens (tertiary/aromatic N) is 4. The van der Waals surface area contributed by atoms with Gasteiger partial charge in [0.05, 0.1) is 26.7 Å². The number of carbonyl (C=O) groups excluding carboxylic acids is 2. The maximum atomic E-state index is 14.7. The SMILES string of the molecule is N#Cc1ccc(N2CCN(C(=O)c3cc(C=C4OC(=O)c5ccc(Br)c(O)c54)ccc3F)CC2)nc1. The van der Waals surface area contributed by atoms with Crippen molar-refractivity contribution >= 4 is 45.5 Å². The van der Waals surface area contributed by atoms with E-state index in [0.717, 1.165) is 0 Å². The summed E-state index contributed by atoms with van der Waals surface area (Å²) in [5.74, 6) is -1.03. The zero-order valence-corrected chi connectivity index (χ0v) is 20.3. The molecule has 1 amide bonds. The molecule has 3 aromatic rings. The zero-order valence-electron chi connectivity index (χ0n) is 18.7. The van der Waals surface area contributed by atoms with Crippen molar-refractivity contribution in [2.75, 3.05) is 31.1 Å². The Kier molecular flexibility index (Phi) is 6.16. The molecule has 3 heterocycles. The number of pyridine rings is 1. The highest BCUT2D eigenvalue weighted by atomic mass is 79.9. The molecule has 0 radical (unpaired) electrons. The Hall–Kier alpha value is -4.23. The van der Waals surface area contributed by atoms with Crippen molar-refractivity contribution < 1.29 is 23.8 Å². The molecule has 2 aliphatic rings. The van der Waals surface area contributed by atoms with Crippen LogP contribution in [0.4, 0.5) is 10.2 Å². The molecule has 0 atom stereocenters. The van der Waals surface area contributed by atoms with Crippen molar-refractivity contribution in [3.8, 4) is 11.8 Å². The Bertz CT molecular complexity index is 1460. The van der Waals surface area contributed by atoms with Crippen molar-refractivity contribution in [1.29, 1.82) is 5.26 Å². The third-order valence-electron chi connectivity index (χ3n) is 6.08. The molecule has 36 heavy (non-hydrogen) atoms. The van der Waals surface area contributed by atoms with Gasteiger partial charge >= 0.3 is 5.97 Å². The second kappa shape index (κ2) is 9.43. The maximum Gasteiger partial charge on any atom is 0.344 e. The molecule has 8 nitrogen and oxygen atoms in total. The third kappa shape index (κ3) is 4.29. The monoisotopic (exact) mass is 548 g/mol. The summed E-state index contributed by atoms with van der Waals surface area (Å²) in [5, 5.41) is 19.3. The van der Waals surface area contributed by atoms with E-state index < -0.39 is 17.7 Å². The Morgan fingerprint density at radius 1 is 1.17 bits per heavy atom. The molecule has 1 N–H and O–H groups in total. The number of piperazine rings is 1. The number of amides is 1. The van der Waals surface area contributed by atoms with Gasteiger partial charge in [-0.3, -0.25) is 4.79 Å². The van der Waals surface area contributed by atoms with Crippen molar-refractivity contribution in [3.05, 3.63) is 86.8 Å². The van der Waals surface area contributed by atoms with Gasteiger partial charge in [0.1, 0.15) is 29.2 Å². The van der Waals surface area contributed by atoms with E-state index >= 15 is 0 Å². The Morgan fingerprint density at radius 3 is 2.64 bits per heavy atom. The van der Waals surface area contributed by atoms with Crippen LogP contribution in [0, 0.1) is 17.1 Å². The molecular weight excluding hydrogens is 531 g/mol. The molecule has 1 fully saturated rings. The van der Waals surface area contributed by atoms with Crippen molar-refractivity contribution in [2.24, 2.45) is 0 Å². The lowest BCUT2D eigenvalue weighted by Crippen LogP contribution is -2.49. The number of aromatic hydroxyl groups is 1. The first-order valence-corrected chi connectivity index (χ1v) is 11.8. The average Bonchev–Trinajstić information content (AvgIpc) is 3.22. The van der Waals surface area contributed by atoms with Crippen LogP contribution in [-0.4, -0.2) is 53.0 Å². The lowest BCUT2D eigenvalue weighted by molar-refractivity contribution is 0.0714. The predicted octanol–water partition coefficient (Wildman–Crippen LogP) is 4.19. The van der Waals surface area contributed by atoms with E-state index in [0.29, 0.717) is 47.6 Å². The number of carbonyl (C=O) groups is 2. The minimum atomic E-state index is -0.659. The van der Waals surface area contributed by atoms with Gasteiger partial charge in [0.2, 0.25) is 0 Å². The van der Waals surface area contributed by atoms with Crippen LogP contribution in [0.15, 0.2) is 53.1 Å². The minimum Gasteiger partial charge on any atom is -0.506 e. The molecule has 180 valence electrons. The normalized spacial score (nSPS) is 16.0. The molecule has 1 aromatic heterocycles. The van der Waals surface area contributed by atoms with Crippen LogP contribution in [0.2, 0.25) is 0 Å². The number of hydrogen-bond donors (Lipinski definition) is 1. The number of hydrogen-bond acceptors (Lipinski definition) is 7. The summed E-state index contributed by atoms with van der Waals surface area (Å²) in [7, 11) is 0. The summed E-state index contributed by atoms with van der Waals surface area (Å²) in [5.41, 5.74) is 1.26. The van der Waals surface area contributed by atoms with Crippen LogP contribution < -0.4 is 4.90 Å². The van der Waals surface area contributed by atoms with Gasteiger partial charge in [-0.25, -0.2) is 14.2 Å². The summed E-state index contributed by atoms with van der Waals surface area (Å²) in [6, 6.07) is 12.6. The second-order valence-electron chi connectivity index (χ2n) is 8.25. The number of halogens is 2. The van der Waals surface area contributed by atoms with Crippen LogP contribution >= 0.6 is 15.9 Å². The van der Waals surface area contributed by atoms with Crippen molar-refractivity contribution in [1.82, 2.24) is 9.88 Å². The number of cyclic esters (lactones) is 1. The molecule has 0 saturated carbocycles. The largest absolute Gasteiger partial charge is 0.506 e. The fourth-order valence-corrected chi connectivity index (χ4v) is 4.52. The topological polar surface area (TPSA) is 107 Å². The molecule has 2 aromatic carbocycles. The molecule has 0 spiro atoms. The van der Waals surface area contributed by atoms with Crippen molar-refractivity contribution in [3.63, 3.8) is 0 Å². The summed E-state index contributed by atoms with van der Waals surface area (Å²) in [6.45, 7) is 1.77. The lowest BCUT2D eigenvalue weighted by atomic mass is 10.0. The molecule has 2 aliphatic heterocycles. The highest BCUT2D eigenvalue weighted by molar-refractivity contribution is 9.10. The Balaban J connectivity index is 1.35. The quantitative estimate of drug-likeness (QED) is 0.489. The van der Waals surface area contributed by atoms with E-state index in [2.05, 4.69) is 20.9 Å². The van der Waals surface area contributed by atoms with Gasteiger partial charge < -0.3 is 19.6 Å². The number of esters is 1. The molecule has 10 heteroatoms. The van der Waals surface area contributed by atoms with E-state index in [1.807, 2.05) is 11.0 Å². The standard InChI is InChI=1S/C26H18BrFN4O4/c27-19-4-3-17-23(24(19)33)21(36-26(17)35)12-15-1-5-20(28)18(11-15)25(34)32-9-7-31(8-10-32)22-6-2-16(13-29)14-30-22/h1-6,11-12,14,33H,7-10H2. The van der Waals surface area contributed by atoms with E-state index in [1.54, 1.807) is 23.1 Å². The van der Waals surface area contributed by atoms with Crippen LogP contribution in [0.5, 0.6) is 5.75 Å². The summed E-state index contributed by atoms with van der Waals surface area (Å²) < 4.78 is 20.4. The number of anilines is 1. The number of nitriles is 1. The Morgan fingerprint density at radius 2 is 1.94 bits per heavy atom. The highest BCUT2D eigenvalue weighted by Gasteiger charge is 2.31. The fraction of sp³-hybridized carbons (Fsp3) is 0.154. The smallest absolute Gasteiger partial charge is 0.344 e. The number of benzene rings is 2. The molecule has 0 bridgehead atoms. The van der Waals surface area contributed by atoms with Gasteiger partial charge in [-0.15, -0.1) is 0 Å². The molecule has 1 saturated heterocycles. The van der Waals surface area contributed by atoms with Gasteiger partial charge in [-0.2, -0.15) is 5.26 Å². The molecular formula is C26H18BrFN4O4. The number of fused-ring (bicyclic) bond motifs is 1. The molecule has 0 unspecified atom stereocenters. The number of ether oxygens (including phenoxy) is 1. The number of phenols is 1. The highest BCUT2D eigenvalue weighted by Crippen LogP contribution is 2.41. The van der Waals surface area contributed by atoms with Crippen LogP contribution in [0.25, 0.3) is 11.8 Å². The summed E-state index contributed by atoms with van der Waals surface area (Å²) in [4.78, 5) is 33.2. The van der Waals surface area contributed by atoms with Gasteiger partial charge in [0.25, 0.3) is 5.91 Å². The van der Waals surface area contributed by atoms with Crippen LogP contribution in [0.3, 0.4) is 0 Å². The zero-order chi connectivity index (χ0) is 25.4. The van der Waals surface area contributed by atoms with Crippen molar-refractivity contribution in [2.45, 2.75) is 0 Å². The van der Waals surface area contributed by atoms with E-state index in [1.165, 1.54) is 36.5 Å². The van der Waals surface area contributed by atoms with Gasteiger partial charge in [-0.05, 0) is 64.0 Å². The Labute approximate surface area is 214 Å². The summed E-state index contributed by atoms with van der Waals surface area (Å²) in [6.07, 6.45) is 2.99. The van der Waals surface area contributed by atoms with Gasteiger partial charge in [-0.1, -0.05) is 6.07 Å². The molecule has 5 rings (SSSR count). The fourth-order valence-electron chi connectivity index (χ4n) is 4.19. The van der Waals surface area contributed by atoms with E-state index in [9.17, 15) is 19.1 Å². The van der Waals surface area contributed by atoms with E-state index in [4.69, 9.17) is 10.00 Å². The predicted molar refractivity (Wildman–Crippen MR) is 133 cm³/mol. The first-order chi connectivity index (χ1) is 17.4. The van der Waals surface area contributed by atoms with Gasteiger partial charge in [0, 0.05) is 32.4 Å². The first kappa shape index (κ1) is 23.5. The first-order valence-electron chi connectivity index (χ1n) is 11.0. The van der Waals surface area contributed by atoms with Crippen LogP contribution in [-0.2, 0) is 4.74 Å². The average molecular weight is 549 g/mol. The van der Waals surface area contributed by atoms with Crippen LogP contribution in [0.1, 0.15) is 37.4 Å². The third-order valence-corrected chi connectivity index (χ3v) is 6.72. The maximum absolute atomic E-state index is 14.7. The molecule has 0 aliphatic carbocycles. The number of aromatic nitrogens is 1.